The summed E-state index contributed by atoms with van der Waals surface area (Å²) in [6.45, 7) is 0.709. The fourth-order valence-corrected chi connectivity index (χ4v) is 3.79. The molecule has 3 aromatic rings. The summed E-state index contributed by atoms with van der Waals surface area (Å²) in [7, 11) is 1.85. The number of benzene rings is 1. The quantitative estimate of drug-likeness (QED) is 0.740. The van der Waals surface area contributed by atoms with Crippen molar-refractivity contribution in [3.63, 3.8) is 0 Å². The zero-order valence-corrected chi connectivity index (χ0v) is 13.5. The van der Waals surface area contributed by atoms with Gasteiger partial charge in [0.05, 0.1) is 5.25 Å². The molecule has 2 aromatic heterocycles. The largest absolute Gasteiger partial charge is 0.431 e. The molecule has 0 N–H and O–H groups in total. The van der Waals surface area contributed by atoms with Gasteiger partial charge in [0.2, 0.25) is 5.91 Å². The van der Waals surface area contributed by atoms with E-state index in [1.54, 1.807) is 9.58 Å². The summed E-state index contributed by atoms with van der Waals surface area (Å²) in [6.07, 6.45) is 3.62. The average Bonchev–Trinajstić information content (AvgIpc) is 3.15. The molecule has 0 aliphatic carbocycles. The van der Waals surface area contributed by atoms with E-state index in [4.69, 9.17) is 4.42 Å². The Morgan fingerprint density at radius 1 is 1.30 bits per heavy atom. The van der Waals surface area contributed by atoms with Crippen molar-refractivity contribution in [3.05, 3.63) is 36.5 Å². The molecule has 1 saturated heterocycles. The minimum Gasteiger partial charge on any atom is -0.431 e. The van der Waals surface area contributed by atoms with Crippen LogP contribution in [-0.2, 0) is 11.8 Å². The highest BCUT2D eigenvalue weighted by atomic mass is 32.2. The Kier molecular flexibility index (Phi) is 3.57. The molecule has 0 radical (unpaired) electrons. The van der Waals surface area contributed by atoms with Crippen molar-refractivity contribution in [1.82, 2.24) is 14.8 Å². The molecular weight excluding hydrogens is 312 g/mol. The zero-order chi connectivity index (χ0) is 15.8. The first kappa shape index (κ1) is 14.3. The van der Waals surface area contributed by atoms with Crippen molar-refractivity contribution in [2.75, 3.05) is 11.4 Å². The summed E-state index contributed by atoms with van der Waals surface area (Å²) in [5, 5.41) is 4.70. The van der Waals surface area contributed by atoms with E-state index in [9.17, 15) is 4.79 Å². The van der Waals surface area contributed by atoms with Crippen LogP contribution in [0.5, 0.6) is 0 Å². The molecule has 3 heterocycles. The van der Waals surface area contributed by atoms with Crippen LogP contribution in [0.15, 0.2) is 46.2 Å². The third kappa shape index (κ3) is 2.72. The predicted molar refractivity (Wildman–Crippen MR) is 88.4 cm³/mol. The van der Waals surface area contributed by atoms with Crippen molar-refractivity contribution in [1.29, 1.82) is 0 Å². The van der Waals surface area contributed by atoms with Gasteiger partial charge in [-0.05, 0) is 25.0 Å². The molecule has 0 bridgehead atoms. The molecule has 7 heteroatoms. The predicted octanol–water partition coefficient (Wildman–Crippen LogP) is 2.85. The van der Waals surface area contributed by atoms with Crippen LogP contribution in [0, 0.1) is 0 Å². The van der Waals surface area contributed by atoms with E-state index in [0.29, 0.717) is 17.6 Å². The maximum atomic E-state index is 12.7. The van der Waals surface area contributed by atoms with Crippen LogP contribution in [0.3, 0.4) is 0 Å². The number of amides is 1. The minimum absolute atomic E-state index is 0.0715. The molecule has 0 spiro atoms. The summed E-state index contributed by atoms with van der Waals surface area (Å²) in [5.74, 6) is 0.780. The number of thioether (sulfide) groups is 1. The number of nitrogens with zero attached hydrogens (tertiary/aromatic N) is 4. The lowest BCUT2D eigenvalue weighted by atomic mass is 10.1. The Balaban J connectivity index is 1.55. The number of carbonyl (C=O) groups excluding carboxylic acids is 1. The number of fused-ring (bicyclic) bond motifs is 1. The number of para-hydroxylation sites is 2. The van der Waals surface area contributed by atoms with E-state index >= 15 is 0 Å². The molecule has 1 unspecified atom stereocenters. The van der Waals surface area contributed by atoms with Crippen molar-refractivity contribution in [3.8, 4) is 0 Å². The molecule has 4 rings (SSSR count). The smallest absolute Gasteiger partial charge is 0.257 e. The molecule has 1 aliphatic rings. The van der Waals surface area contributed by atoms with Gasteiger partial charge < -0.3 is 4.42 Å². The number of oxazole rings is 1. The van der Waals surface area contributed by atoms with Gasteiger partial charge in [0, 0.05) is 25.9 Å². The van der Waals surface area contributed by atoms with Gasteiger partial charge in [-0.2, -0.15) is 5.10 Å². The van der Waals surface area contributed by atoms with E-state index in [-0.39, 0.29) is 11.2 Å². The van der Waals surface area contributed by atoms with E-state index < -0.39 is 0 Å². The average molecular weight is 328 g/mol. The van der Waals surface area contributed by atoms with E-state index in [2.05, 4.69) is 10.1 Å². The van der Waals surface area contributed by atoms with Gasteiger partial charge in [-0.1, -0.05) is 23.9 Å². The van der Waals surface area contributed by atoms with Crippen LogP contribution < -0.4 is 4.90 Å². The van der Waals surface area contributed by atoms with Gasteiger partial charge in [-0.25, -0.2) is 4.98 Å². The first-order chi connectivity index (χ1) is 11.2. The third-order valence-electron chi connectivity index (χ3n) is 3.88. The highest BCUT2D eigenvalue weighted by Gasteiger charge is 2.32. The Bertz CT molecular complexity index is 824. The Morgan fingerprint density at radius 2 is 2.17 bits per heavy atom. The van der Waals surface area contributed by atoms with Crippen LogP contribution in [0.2, 0.25) is 0 Å². The van der Waals surface area contributed by atoms with Crippen molar-refractivity contribution >= 4 is 34.6 Å². The fraction of sp³-hybridized carbons (Fsp3) is 0.312. The molecule has 6 nitrogen and oxygen atoms in total. The second-order valence-corrected chi connectivity index (χ2v) is 6.69. The summed E-state index contributed by atoms with van der Waals surface area (Å²) in [4.78, 5) is 18.9. The third-order valence-corrected chi connectivity index (χ3v) is 4.98. The molecule has 1 aromatic carbocycles. The summed E-state index contributed by atoms with van der Waals surface area (Å²) < 4.78 is 7.43. The fourth-order valence-electron chi connectivity index (χ4n) is 2.75. The first-order valence-corrected chi connectivity index (χ1v) is 8.42. The molecule has 118 valence electrons. The number of hydrogen-bond acceptors (Lipinski definition) is 5. The highest BCUT2D eigenvalue weighted by Crippen LogP contribution is 2.33. The topological polar surface area (TPSA) is 64.2 Å². The number of hydrogen-bond donors (Lipinski definition) is 0. The lowest BCUT2D eigenvalue weighted by molar-refractivity contribution is -0.119. The van der Waals surface area contributed by atoms with Crippen molar-refractivity contribution < 1.29 is 9.21 Å². The number of piperidine rings is 1. The van der Waals surface area contributed by atoms with Crippen LogP contribution in [0.4, 0.5) is 5.82 Å². The van der Waals surface area contributed by atoms with E-state index in [1.807, 2.05) is 43.6 Å². The molecule has 1 amide bonds. The molecule has 1 aliphatic heterocycles. The minimum atomic E-state index is -0.182. The summed E-state index contributed by atoms with van der Waals surface area (Å²) >= 11 is 1.40. The normalized spacial score (nSPS) is 18.7. The number of anilines is 1. The second-order valence-electron chi connectivity index (χ2n) is 5.53. The lowest BCUT2D eigenvalue weighted by Gasteiger charge is -2.29. The number of carbonyl (C=O) groups is 1. The Labute approximate surface area is 137 Å². The summed E-state index contributed by atoms with van der Waals surface area (Å²) in [5.41, 5.74) is 1.57. The first-order valence-electron chi connectivity index (χ1n) is 7.54. The number of rotatable bonds is 3. The summed E-state index contributed by atoms with van der Waals surface area (Å²) in [6, 6.07) is 9.50. The van der Waals surface area contributed by atoms with E-state index in [1.165, 1.54) is 11.8 Å². The lowest BCUT2D eigenvalue weighted by Crippen LogP contribution is -2.43. The van der Waals surface area contributed by atoms with Crippen LogP contribution in [0.1, 0.15) is 12.8 Å². The molecule has 0 saturated carbocycles. The van der Waals surface area contributed by atoms with Crippen LogP contribution in [0.25, 0.3) is 11.1 Å². The van der Waals surface area contributed by atoms with Gasteiger partial charge in [0.15, 0.2) is 11.4 Å². The highest BCUT2D eigenvalue weighted by molar-refractivity contribution is 8.00. The monoisotopic (exact) mass is 328 g/mol. The maximum absolute atomic E-state index is 12.7. The maximum Gasteiger partial charge on any atom is 0.257 e. The molecule has 23 heavy (non-hydrogen) atoms. The van der Waals surface area contributed by atoms with Gasteiger partial charge in [0.25, 0.3) is 5.22 Å². The van der Waals surface area contributed by atoms with Crippen molar-refractivity contribution in [2.24, 2.45) is 7.05 Å². The van der Waals surface area contributed by atoms with Crippen LogP contribution >= 0.6 is 11.8 Å². The number of aromatic nitrogens is 3. The SMILES string of the molecule is Cn1ccc(N2CCCC(Sc3nc4ccccc4o3)C2=O)n1. The van der Waals surface area contributed by atoms with Gasteiger partial charge in [-0.15, -0.1) is 0 Å². The standard InChI is InChI=1S/C16H16N4O2S/c1-19-10-8-14(18-19)20-9-4-7-13(15(20)21)23-16-17-11-5-2-3-6-12(11)22-16/h2-3,5-6,8,10,13H,4,7,9H2,1H3. The molecule has 1 fully saturated rings. The second kappa shape index (κ2) is 5.73. The number of aryl methyl sites for hydroxylation is 1. The van der Waals surface area contributed by atoms with E-state index in [0.717, 1.165) is 23.9 Å². The van der Waals surface area contributed by atoms with Gasteiger partial charge in [-0.3, -0.25) is 14.4 Å². The zero-order valence-electron chi connectivity index (χ0n) is 12.7. The molecular formula is C16H16N4O2S. The van der Waals surface area contributed by atoms with Crippen molar-refractivity contribution in [2.45, 2.75) is 23.3 Å². The van der Waals surface area contributed by atoms with Crippen LogP contribution in [-0.4, -0.2) is 32.5 Å². The molecule has 1 atom stereocenters. The van der Waals surface area contributed by atoms with Gasteiger partial charge >= 0.3 is 0 Å². The van der Waals surface area contributed by atoms with Gasteiger partial charge in [0.1, 0.15) is 5.52 Å². The Hall–Kier alpha value is -2.28. The Morgan fingerprint density at radius 3 is 2.96 bits per heavy atom.